The molecule has 18 heavy (non-hydrogen) atoms. The van der Waals surface area contributed by atoms with Crippen LogP contribution in [0.25, 0.3) is 10.9 Å². The topological polar surface area (TPSA) is 8.17 Å². The average molecular weight is 242 g/mol. The number of benzene rings is 1. The van der Waals surface area contributed by atoms with E-state index < -0.39 is 0 Å². The lowest BCUT2D eigenvalue weighted by Crippen LogP contribution is -2.29. The summed E-state index contributed by atoms with van der Waals surface area (Å²) in [7, 11) is 2.19. The van der Waals surface area contributed by atoms with Gasteiger partial charge in [0, 0.05) is 30.2 Å². The molecular weight excluding hydrogens is 220 g/mol. The molecule has 2 nitrogen and oxygen atoms in total. The summed E-state index contributed by atoms with van der Waals surface area (Å²) in [5.41, 5.74) is 4.14. The summed E-state index contributed by atoms with van der Waals surface area (Å²) in [5, 5.41) is 1.38. The van der Waals surface area contributed by atoms with Gasteiger partial charge in [-0.25, -0.2) is 0 Å². The maximum atomic E-state index is 2.59. The lowest BCUT2D eigenvalue weighted by Gasteiger charge is -2.26. The molecular formula is C16H22N2. The zero-order valence-electron chi connectivity index (χ0n) is 11.4. The molecule has 96 valence electrons. The Morgan fingerprint density at radius 3 is 2.61 bits per heavy atom. The smallest absolute Gasteiger partial charge is 0.0480 e. The summed E-state index contributed by atoms with van der Waals surface area (Å²) in [6, 6.07) is 9.09. The monoisotopic (exact) mass is 242 g/mol. The van der Waals surface area contributed by atoms with Crippen LogP contribution >= 0.6 is 0 Å². The number of likely N-dealkylation sites (tertiary alicyclic amines) is 1. The number of nitrogens with zero attached hydrogens (tertiary/aromatic N) is 2. The molecule has 2 heterocycles. The van der Waals surface area contributed by atoms with E-state index in [0.717, 1.165) is 6.54 Å². The van der Waals surface area contributed by atoms with Crippen LogP contribution in [-0.4, -0.2) is 22.6 Å². The van der Waals surface area contributed by atoms with E-state index in [2.05, 4.69) is 47.7 Å². The Morgan fingerprint density at radius 1 is 1.06 bits per heavy atom. The van der Waals surface area contributed by atoms with Gasteiger partial charge in [0.2, 0.25) is 0 Å². The first-order chi connectivity index (χ1) is 8.74. The maximum Gasteiger partial charge on any atom is 0.0480 e. The minimum Gasteiger partial charge on any atom is -0.346 e. The lowest BCUT2D eigenvalue weighted by molar-refractivity contribution is 0.217. The molecule has 0 saturated carbocycles. The third-order valence-corrected chi connectivity index (χ3v) is 4.13. The molecule has 0 bridgehead atoms. The summed E-state index contributed by atoms with van der Waals surface area (Å²) in [6.07, 6.45) is 4.14. The van der Waals surface area contributed by atoms with E-state index in [4.69, 9.17) is 0 Å². The molecule has 0 radical (unpaired) electrons. The van der Waals surface area contributed by atoms with Crippen molar-refractivity contribution in [2.45, 2.75) is 32.7 Å². The van der Waals surface area contributed by atoms with Crippen LogP contribution in [0.1, 0.15) is 30.5 Å². The van der Waals surface area contributed by atoms with Gasteiger partial charge in [-0.15, -0.1) is 0 Å². The molecule has 2 aromatic rings. The quantitative estimate of drug-likeness (QED) is 0.783. The number of fused-ring (bicyclic) bond motifs is 1. The highest BCUT2D eigenvalue weighted by atomic mass is 15.1. The molecule has 2 heteroatoms. The fraction of sp³-hybridized carbons (Fsp3) is 0.500. The Morgan fingerprint density at radius 2 is 1.83 bits per heavy atom. The summed E-state index contributed by atoms with van der Waals surface area (Å²) in [6.45, 7) is 5.79. The predicted octanol–water partition coefficient (Wildman–Crippen LogP) is 3.47. The molecule has 0 N–H and O–H groups in total. The molecule has 0 spiro atoms. The first-order valence-electron chi connectivity index (χ1n) is 7.01. The number of hydrogen-bond donors (Lipinski definition) is 0. The second kappa shape index (κ2) is 4.77. The largest absolute Gasteiger partial charge is 0.346 e. The minimum atomic E-state index is 1.10. The first kappa shape index (κ1) is 11.8. The Kier molecular flexibility index (Phi) is 3.13. The highest BCUT2D eigenvalue weighted by Crippen LogP contribution is 2.22. The maximum absolute atomic E-state index is 2.59. The molecule has 0 amide bonds. The molecule has 1 saturated heterocycles. The van der Waals surface area contributed by atoms with Gasteiger partial charge in [0.05, 0.1) is 0 Å². The molecule has 0 aliphatic carbocycles. The van der Waals surface area contributed by atoms with E-state index in [9.17, 15) is 0 Å². The number of piperidine rings is 1. The van der Waals surface area contributed by atoms with Gasteiger partial charge in [0.15, 0.2) is 0 Å². The molecule has 1 fully saturated rings. The van der Waals surface area contributed by atoms with E-state index in [1.54, 1.807) is 0 Å². The second-order valence-corrected chi connectivity index (χ2v) is 5.59. The van der Waals surface area contributed by atoms with Gasteiger partial charge < -0.3 is 4.57 Å². The van der Waals surface area contributed by atoms with Gasteiger partial charge in [0.25, 0.3) is 0 Å². The fourth-order valence-electron chi connectivity index (χ4n) is 3.02. The highest BCUT2D eigenvalue weighted by Gasteiger charge is 2.13. The minimum absolute atomic E-state index is 1.10. The molecule has 1 aliphatic heterocycles. The molecule has 1 aliphatic rings. The lowest BCUT2D eigenvalue weighted by atomic mass is 10.1. The molecule has 1 aromatic carbocycles. The fourth-order valence-corrected chi connectivity index (χ4v) is 3.02. The molecule has 0 unspecified atom stereocenters. The Labute approximate surface area is 109 Å². The van der Waals surface area contributed by atoms with Crippen LogP contribution in [0.3, 0.4) is 0 Å². The van der Waals surface area contributed by atoms with Crippen LogP contribution in [0.4, 0.5) is 0 Å². The van der Waals surface area contributed by atoms with Crippen LogP contribution in [0.5, 0.6) is 0 Å². The van der Waals surface area contributed by atoms with Crippen LogP contribution in [0, 0.1) is 6.92 Å². The molecule has 3 rings (SSSR count). The number of hydrogen-bond acceptors (Lipinski definition) is 1. The van der Waals surface area contributed by atoms with Gasteiger partial charge in [-0.05, 0) is 51.1 Å². The number of aromatic nitrogens is 1. The van der Waals surface area contributed by atoms with Crippen molar-refractivity contribution in [3.63, 3.8) is 0 Å². The average Bonchev–Trinajstić information content (AvgIpc) is 2.67. The van der Waals surface area contributed by atoms with Gasteiger partial charge in [0.1, 0.15) is 0 Å². The van der Waals surface area contributed by atoms with Crippen molar-refractivity contribution in [2.75, 3.05) is 13.1 Å². The van der Waals surface area contributed by atoms with Crippen LogP contribution in [-0.2, 0) is 13.6 Å². The van der Waals surface area contributed by atoms with Crippen LogP contribution in [0.2, 0.25) is 0 Å². The van der Waals surface area contributed by atoms with E-state index in [1.165, 1.54) is 54.5 Å². The summed E-state index contributed by atoms with van der Waals surface area (Å²) in [5.74, 6) is 0. The van der Waals surface area contributed by atoms with Crippen LogP contribution < -0.4 is 0 Å². The normalized spacial score (nSPS) is 17.4. The summed E-state index contributed by atoms with van der Waals surface area (Å²) >= 11 is 0. The van der Waals surface area contributed by atoms with Crippen molar-refractivity contribution in [1.29, 1.82) is 0 Å². The number of aryl methyl sites for hydroxylation is 2. The van der Waals surface area contributed by atoms with E-state index in [0.29, 0.717) is 0 Å². The third-order valence-electron chi connectivity index (χ3n) is 4.13. The third kappa shape index (κ3) is 2.17. The molecule has 1 aromatic heterocycles. The van der Waals surface area contributed by atoms with Crippen molar-refractivity contribution in [3.05, 3.63) is 35.5 Å². The van der Waals surface area contributed by atoms with Crippen LogP contribution in [0.15, 0.2) is 24.3 Å². The number of rotatable bonds is 2. The summed E-state index contributed by atoms with van der Waals surface area (Å²) in [4.78, 5) is 2.59. The van der Waals surface area contributed by atoms with E-state index in [1.807, 2.05) is 0 Å². The van der Waals surface area contributed by atoms with E-state index >= 15 is 0 Å². The van der Waals surface area contributed by atoms with Crippen molar-refractivity contribution in [1.82, 2.24) is 9.47 Å². The summed E-state index contributed by atoms with van der Waals surface area (Å²) < 4.78 is 2.35. The Bertz CT molecular complexity index is 547. The molecule has 0 atom stereocenters. The van der Waals surface area contributed by atoms with E-state index in [-0.39, 0.29) is 0 Å². The van der Waals surface area contributed by atoms with Gasteiger partial charge >= 0.3 is 0 Å². The Hall–Kier alpha value is -1.28. The zero-order chi connectivity index (χ0) is 12.5. The van der Waals surface area contributed by atoms with Crippen molar-refractivity contribution >= 4 is 10.9 Å². The zero-order valence-corrected chi connectivity index (χ0v) is 11.4. The van der Waals surface area contributed by atoms with Gasteiger partial charge in [-0.3, -0.25) is 4.90 Å². The predicted molar refractivity (Wildman–Crippen MR) is 76.8 cm³/mol. The van der Waals surface area contributed by atoms with Crippen molar-refractivity contribution in [2.24, 2.45) is 7.05 Å². The van der Waals surface area contributed by atoms with Crippen molar-refractivity contribution < 1.29 is 0 Å². The Balaban J connectivity index is 1.89. The van der Waals surface area contributed by atoms with Crippen molar-refractivity contribution in [3.8, 4) is 0 Å². The standard InChI is InChI=1S/C16H22N2/c1-13-6-7-16-14(10-13)11-15(17(16)2)12-18-8-4-3-5-9-18/h6-7,10-11H,3-5,8-9,12H2,1-2H3. The first-order valence-corrected chi connectivity index (χ1v) is 7.01. The second-order valence-electron chi connectivity index (χ2n) is 5.59. The van der Waals surface area contributed by atoms with Gasteiger partial charge in [-0.1, -0.05) is 18.1 Å². The highest BCUT2D eigenvalue weighted by molar-refractivity contribution is 5.82. The SMILES string of the molecule is Cc1ccc2c(c1)cc(CN1CCCCC1)n2C. The van der Waals surface area contributed by atoms with Gasteiger partial charge in [-0.2, -0.15) is 0 Å².